The van der Waals surface area contributed by atoms with E-state index in [4.69, 9.17) is 15.0 Å². The molecule has 1 aromatic heterocycles. The summed E-state index contributed by atoms with van der Waals surface area (Å²) < 4.78 is 0. The van der Waals surface area contributed by atoms with Crippen molar-refractivity contribution >= 4 is 43.1 Å². The van der Waals surface area contributed by atoms with Gasteiger partial charge in [-0.25, -0.2) is 15.0 Å². The molecule has 0 aliphatic rings. The van der Waals surface area contributed by atoms with Crippen LogP contribution in [0.2, 0.25) is 0 Å². The fourth-order valence-corrected chi connectivity index (χ4v) is 8.63. The quantitative estimate of drug-likeness (QED) is 0.158. The lowest BCUT2D eigenvalue weighted by molar-refractivity contribution is 1.07. The summed E-state index contributed by atoms with van der Waals surface area (Å²) in [6.45, 7) is 0. The minimum absolute atomic E-state index is 0.559. The lowest BCUT2D eigenvalue weighted by atomic mass is 9.89. The van der Waals surface area contributed by atoms with Crippen molar-refractivity contribution in [3.8, 4) is 73.6 Å². The molecule has 0 fully saturated rings. The molecule has 0 amide bonds. The molecule has 1 heterocycles. The van der Waals surface area contributed by atoms with E-state index in [0.29, 0.717) is 23.0 Å². The summed E-state index contributed by atoms with van der Waals surface area (Å²) in [4.78, 5) is 15.2. The van der Waals surface area contributed by atoms with Crippen LogP contribution in [0.25, 0.3) is 111 Å². The molecule has 0 aliphatic heterocycles. The monoisotopic (exact) mass is 762 g/mol. The summed E-state index contributed by atoms with van der Waals surface area (Å²) in [7, 11) is 0. The highest BCUT2D eigenvalue weighted by Crippen LogP contribution is 2.39. The molecule has 0 N–H and O–H groups in total. The third kappa shape index (κ3) is 6.14. The molecule has 0 spiro atoms. The molecule has 0 saturated carbocycles. The van der Waals surface area contributed by atoms with Crippen LogP contribution in [-0.4, -0.2) is 15.0 Å². The number of aromatic nitrogens is 3. The first-order valence-corrected chi connectivity index (χ1v) is 20.1. The van der Waals surface area contributed by atoms with Crippen molar-refractivity contribution in [1.29, 1.82) is 5.26 Å². The summed E-state index contributed by atoms with van der Waals surface area (Å²) in [6, 6.07) is 74.0. The maximum absolute atomic E-state index is 10.8. The highest BCUT2D eigenvalue weighted by Gasteiger charge is 2.17. The summed E-state index contributed by atoms with van der Waals surface area (Å²) in [5.41, 5.74) is 9.14. The third-order valence-electron chi connectivity index (χ3n) is 11.5. The van der Waals surface area contributed by atoms with Gasteiger partial charge in [-0.15, -0.1) is 0 Å². The molecule has 0 bridgehead atoms. The Morgan fingerprint density at radius 1 is 0.300 bits per heavy atom. The zero-order valence-electron chi connectivity index (χ0n) is 32.4. The van der Waals surface area contributed by atoms with E-state index in [1.807, 2.05) is 60.7 Å². The van der Waals surface area contributed by atoms with Crippen molar-refractivity contribution < 1.29 is 0 Å². The van der Waals surface area contributed by atoms with Gasteiger partial charge in [-0.1, -0.05) is 188 Å². The fraction of sp³-hybridized carbons (Fsp3) is 0. The molecule has 4 heteroatoms. The molecule has 11 rings (SSSR count). The molecule has 278 valence electrons. The standard InChI is InChI=1S/C56H34N4/c57-35-52-47(41-17-8-19-43(32-41)50-25-10-16-39-30-28-37-13-5-7-22-49(37)53(39)50)23-11-24-48(52)42-18-9-20-44(33-42)55-58-54(40-14-2-1-3-15-40)59-56(60-55)45-31-29-38-27-26-36-12-4-6-21-46(36)51(38)34-45/h1-34H. The maximum atomic E-state index is 10.8. The second kappa shape index (κ2) is 14.6. The molecule has 11 aromatic rings. The van der Waals surface area contributed by atoms with Crippen LogP contribution in [-0.2, 0) is 0 Å². The Balaban J connectivity index is 1.02. The van der Waals surface area contributed by atoms with Crippen molar-refractivity contribution in [2.24, 2.45) is 0 Å². The number of hydrogen-bond acceptors (Lipinski definition) is 4. The average molecular weight is 763 g/mol. The van der Waals surface area contributed by atoms with Crippen molar-refractivity contribution in [2.75, 3.05) is 0 Å². The topological polar surface area (TPSA) is 62.5 Å². The van der Waals surface area contributed by atoms with Crippen molar-refractivity contribution in [1.82, 2.24) is 15.0 Å². The van der Waals surface area contributed by atoms with Gasteiger partial charge in [-0.2, -0.15) is 5.26 Å². The second-order valence-corrected chi connectivity index (χ2v) is 15.1. The Kier molecular flexibility index (Phi) is 8.50. The van der Waals surface area contributed by atoms with Gasteiger partial charge in [0.05, 0.1) is 5.56 Å². The third-order valence-corrected chi connectivity index (χ3v) is 11.5. The highest BCUT2D eigenvalue weighted by atomic mass is 15.0. The summed E-state index contributed by atoms with van der Waals surface area (Å²) >= 11 is 0. The number of benzene rings is 10. The largest absolute Gasteiger partial charge is 0.208 e. The average Bonchev–Trinajstić information content (AvgIpc) is 3.33. The highest BCUT2D eigenvalue weighted by molar-refractivity contribution is 6.14. The van der Waals surface area contributed by atoms with Gasteiger partial charge in [0.2, 0.25) is 0 Å². The van der Waals surface area contributed by atoms with Crippen molar-refractivity contribution in [3.63, 3.8) is 0 Å². The van der Waals surface area contributed by atoms with E-state index < -0.39 is 0 Å². The summed E-state index contributed by atoms with van der Waals surface area (Å²) in [5, 5.41) is 20.4. The predicted molar refractivity (Wildman–Crippen MR) is 247 cm³/mol. The lowest BCUT2D eigenvalue weighted by Crippen LogP contribution is -2.00. The van der Waals surface area contributed by atoms with Crippen molar-refractivity contribution in [2.45, 2.75) is 0 Å². The van der Waals surface area contributed by atoms with E-state index in [1.165, 1.54) is 32.3 Å². The van der Waals surface area contributed by atoms with Gasteiger partial charge in [0.25, 0.3) is 0 Å². The first-order valence-electron chi connectivity index (χ1n) is 20.1. The molecular weight excluding hydrogens is 729 g/mol. The molecule has 0 saturated heterocycles. The lowest BCUT2D eigenvalue weighted by Gasteiger charge is -2.14. The Bertz CT molecular complexity index is 3510. The van der Waals surface area contributed by atoms with Crippen LogP contribution in [0, 0.1) is 11.3 Å². The van der Waals surface area contributed by atoms with E-state index >= 15 is 0 Å². The molecule has 0 unspecified atom stereocenters. The Hall–Kier alpha value is -8.26. The number of rotatable bonds is 6. The van der Waals surface area contributed by atoms with E-state index in [9.17, 15) is 5.26 Å². The van der Waals surface area contributed by atoms with E-state index in [-0.39, 0.29) is 0 Å². The van der Waals surface area contributed by atoms with Gasteiger partial charge < -0.3 is 0 Å². The number of nitrogens with zero attached hydrogens (tertiary/aromatic N) is 4. The van der Waals surface area contributed by atoms with Gasteiger partial charge >= 0.3 is 0 Å². The Morgan fingerprint density at radius 2 is 0.733 bits per heavy atom. The van der Waals surface area contributed by atoms with Crippen LogP contribution in [0.15, 0.2) is 206 Å². The second-order valence-electron chi connectivity index (χ2n) is 15.1. The molecule has 60 heavy (non-hydrogen) atoms. The molecule has 0 atom stereocenters. The van der Waals surface area contributed by atoms with Gasteiger partial charge in [0, 0.05) is 27.8 Å². The maximum Gasteiger partial charge on any atom is 0.164 e. The minimum atomic E-state index is 0.559. The first kappa shape index (κ1) is 34.9. The van der Waals surface area contributed by atoms with Gasteiger partial charge in [0.15, 0.2) is 17.5 Å². The molecule has 10 aromatic carbocycles. The van der Waals surface area contributed by atoms with E-state index in [0.717, 1.165) is 60.8 Å². The smallest absolute Gasteiger partial charge is 0.164 e. The van der Waals surface area contributed by atoms with Crippen LogP contribution in [0.3, 0.4) is 0 Å². The fourth-order valence-electron chi connectivity index (χ4n) is 8.63. The first-order chi connectivity index (χ1) is 29.7. The van der Waals surface area contributed by atoms with Gasteiger partial charge in [0.1, 0.15) is 6.07 Å². The van der Waals surface area contributed by atoms with Gasteiger partial charge in [-0.05, 0) is 83.5 Å². The van der Waals surface area contributed by atoms with Crippen LogP contribution in [0.4, 0.5) is 0 Å². The Labute approximate surface area is 347 Å². The zero-order valence-corrected chi connectivity index (χ0v) is 32.4. The number of hydrogen-bond donors (Lipinski definition) is 0. The zero-order chi connectivity index (χ0) is 40.0. The molecular formula is C56H34N4. The normalized spacial score (nSPS) is 11.3. The molecule has 4 nitrogen and oxygen atoms in total. The molecule has 0 radical (unpaired) electrons. The number of nitriles is 1. The SMILES string of the molecule is N#Cc1c(-c2cccc(-c3nc(-c4ccccc4)nc(-c4ccc5ccc6ccccc6c5c4)n3)c2)cccc1-c1cccc(-c2cccc3ccc4ccccc4c23)c1. The summed E-state index contributed by atoms with van der Waals surface area (Å²) in [5.74, 6) is 1.75. The van der Waals surface area contributed by atoms with Crippen molar-refractivity contribution in [3.05, 3.63) is 212 Å². The van der Waals surface area contributed by atoms with E-state index in [1.54, 1.807) is 0 Å². The van der Waals surface area contributed by atoms with Crippen LogP contribution >= 0.6 is 0 Å². The van der Waals surface area contributed by atoms with Gasteiger partial charge in [-0.3, -0.25) is 0 Å². The van der Waals surface area contributed by atoms with Crippen LogP contribution in [0.5, 0.6) is 0 Å². The number of fused-ring (bicyclic) bond motifs is 6. The summed E-state index contributed by atoms with van der Waals surface area (Å²) in [6.07, 6.45) is 0. The molecule has 0 aliphatic carbocycles. The van der Waals surface area contributed by atoms with Crippen LogP contribution < -0.4 is 0 Å². The van der Waals surface area contributed by atoms with Crippen LogP contribution in [0.1, 0.15) is 5.56 Å². The minimum Gasteiger partial charge on any atom is -0.208 e. The Morgan fingerprint density at radius 3 is 1.43 bits per heavy atom. The predicted octanol–water partition coefficient (Wildman–Crippen LogP) is 14.4. The van der Waals surface area contributed by atoms with E-state index in [2.05, 4.69) is 152 Å².